The summed E-state index contributed by atoms with van der Waals surface area (Å²) in [5.74, 6) is 0.454. The molecule has 0 fully saturated rings. The van der Waals surface area contributed by atoms with Gasteiger partial charge in [0.15, 0.2) is 0 Å². The molecule has 0 aliphatic heterocycles. The van der Waals surface area contributed by atoms with Crippen LogP contribution in [0.4, 0.5) is 10.1 Å². The Bertz CT molecular complexity index is 900. The number of nitrogens with zero attached hydrogens (tertiary/aromatic N) is 1. The van der Waals surface area contributed by atoms with Gasteiger partial charge in [0.25, 0.3) is 0 Å². The third-order valence-electron chi connectivity index (χ3n) is 3.37. The molecular weight excluding hydrogens is 291 g/mol. The standard InChI is InChI=1S/C19H13FN2O/c20-14-5-3-6-16(10-14)23-19-11-15(22)8-9-18(19)17-7-2-1-4-13(17)12-21/h1-11H,22H2. The molecule has 0 heterocycles. The zero-order valence-corrected chi connectivity index (χ0v) is 12.2. The molecule has 2 N–H and O–H groups in total. The smallest absolute Gasteiger partial charge is 0.137 e. The van der Waals surface area contributed by atoms with Crippen molar-refractivity contribution in [1.82, 2.24) is 0 Å². The summed E-state index contributed by atoms with van der Waals surface area (Å²) in [5.41, 5.74) is 8.35. The van der Waals surface area contributed by atoms with Crippen LogP contribution in [0.3, 0.4) is 0 Å². The largest absolute Gasteiger partial charge is 0.457 e. The molecular formula is C19H13FN2O. The first-order chi connectivity index (χ1) is 11.2. The minimum atomic E-state index is -0.384. The van der Waals surface area contributed by atoms with Crippen LogP contribution in [0, 0.1) is 17.1 Å². The minimum absolute atomic E-state index is 0.367. The number of nitrogen functional groups attached to an aromatic ring is 1. The van der Waals surface area contributed by atoms with Crippen molar-refractivity contribution in [2.75, 3.05) is 5.73 Å². The summed E-state index contributed by atoms with van der Waals surface area (Å²) < 4.78 is 19.1. The molecule has 3 aromatic carbocycles. The number of hydrogen-bond acceptors (Lipinski definition) is 3. The average Bonchev–Trinajstić information content (AvgIpc) is 2.55. The van der Waals surface area contributed by atoms with Gasteiger partial charge in [0, 0.05) is 28.9 Å². The highest BCUT2D eigenvalue weighted by molar-refractivity contribution is 5.77. The maximum atomic E-state index is 13.3. The molecule has 0 aromatic heterocycles. The first kappa shape index (κ1) is 14.6. The molecule has 0 amide bonds. The Labute approximate surface area is 133 Å². The van der Waals surface area contributed by atoms with Crippen molar-refractivity contribution in [3.63, 3.8) is 0 Å². The fourth-order valence-corrected chi connectivity index (χ4v) is 2.32. The highest BCUT2D eigenvalue weighted by atomic mass is 19.1. The Kier molecular flexibility index (Phi) is 3.94. The van der Waals surface area contributed by atoms with E-state index in [4.69, 9.17) is 10.5 Å². The van der Waals surface area contributed by atoms with Crippen molar-refractivity contribution in [2.24, 2.45) is 0 Å². The average molecular weight is 304 g/mol. The summed E-state index contributed by atoms with van der Waals surface area (Å²) >= 11 is 0. The predicted molar refractivity (Wildman–Crippen MR) is 87.5 cm³/mol. The number of benzene rings is 3. The highest BCUT2D eigenvalue weighted by Gasteiger charge is 2.12. The van der Waals surface area contributed by atoms with E-state index in [9.17, 15) is 9.65 Å². The van der Waals surface area contributed by atoms with Crippen LogP contribution in [-0.4, -0.2) is 0 Å². The van der Waals surface area contributed by atoms with Crippen molar-refractivity contribution in [3.8, 4) is 28.7 Å². The summed E-state index contributed by atoms with van der Waals surface area (Å²) in [5, 5.41) is 9.29. The summed E-state index contributed by atoms with van der Waals surface area (Å²) in [6.45, 7) is 0. The number of rotatable bonds is 3. The Morgan fingerprint density at radius 1 is 0.913 bits per heavy atom. The quantitative estimate of drug-likeness (QED) is 0.711. The molecule has 0 spiro atoms. The molecule has 3 nitrogen and oxygen atoms in total. The van der Waals surface area contributed by atoms with E-state index in [1.54, 1.807) is 42.5 Å². The van der Waals surface area contributed by atoms with Crippen LogP contribution in [-0.2, 0) is 0 Å². The number of ether oxygens (including phenoxy) is 1. The van der Waals surface area contributed by atoms with E-state index in [0.717, 1.165) is 11.1 Å². The van der Waals surface area contributed by atoms with E-state index in [2.05, 4.69) is 6.07 Å². The van der Waals surface area contributed by atoms with Gasteiger partial charge in [-0.3, -0.25) is 0 Å². The lowest BCUT2D eigenvalue weighted by molar-refractivity contribution is 0.479. The van der Waals surface area contributed by atoms with Crippen LogP contribution in [0.1, 0.15) is 5.56 Å². The van der Waals surface area contributed by atoms with E-state index in [0.29, 0.717) is 22.7 Å². The van der Waals surface area contributed by atoms with Crippen LogP contribution in [0.5, 0.6) is 11.5 Å². The summed E-state index contributed by atoms with van der Waals surface area (Å²) in [4.78, 5) is 0. The van der Waals surface area contributed by atoms with Gasteiger partial charge in [-0.1, -0.05) is 24.3 Å². The van der Waals surface area contributed by atoms with Gasteiger partial charge >= 0.3 is 0 Å². The van der Waals surface area contributed by atoms with E-state index < -0.39 is 0 Å². The lowest BCUT2D eigenvalue weighted by atomic mass is 9.99. The molecule has 0 bridgehead atoms. The van der Waals surface area contributed by atoms with Crippen molar-refractivity contribution < 1.29 is 9.13 Å². The van der Waals surface area contributed by atoms with Gasteiger partial charge in [0.2, 0.25) is 0 Å². The second-order valence-electron chi connectivity index (χ2n) is 4.97. The number of nitriles is 1. The molecule has 0 saturated heterocycles. The van der Waals surface area contributed by atoms with Crippen LogP contribution < -0.4 is 10.5 Å². The van der Waals surface area contributed by atoms with Crippen LogP contribution in [0.25, 0.3) is 11.1 Å². The van der Waals surface area contributed by atoms with E-state index in [-0.39, 0.29) is 5.82 Å². The van der Waals surface area contributed by atoms with E-state index in [1.165, 1.54) is 12.1 Å². The second kappa shape index (κ2) is 6.20. The molecule has 0 atom stereocenters. The molecule has 0 radical (unpaired) electrons. The number of nitrogens with two attached hydrogens (primary N) is 1. The van der Waals surface area contributed by atoms with Gasteiger partial charge < -0.3 is 10.5 Å². The van der Waals surface area contributed by atoms with Gasteiger partial charge in [-0.05, 0) is 30.3 Å². The molecule has 0 aliphatic carbocycles. The Hall–Kier alpha value is -3.32. The monoisotopic (exact) mass is 304 g/mol. The fraction of sp³-hybridized carbons (Fsp3) is 0. The maximum Gasteiger partial charge on any atom is 0.137 e. The van der Waals surface area contributed by atoms with Gasteiger partial charge in [0.1, 0.15) is 17.3 Å². The van der Waals surface area contributed by atoms with Crippen LogP contribution in [0.2, 0.25) is 0 Å². The Morgan fingerprint density at radius 3 is 2.52 bits per heavy atom. The Morgan fingerprint density at radius 2 is 1.74 bits per heavy atom. The first-order valence-corrected chi connectivity index (χ1v) is 7.00. The van der Waals surface area contributed by atoms with Gasteiger partial charge in [-0.25, -0.2) is 4.39 Å². The molecule has 3 rings (SSSR count). The fourth-order valence-electron chi connectivity index (χ4n) is 2.32. The van der Waals surface area contributed by atoms with Crippen molar-refractivity contribution in [1.29, 1.82) is 5.26 Å². The molecule has 112 valence electrons. The molecule has 0 unspecified atom stereocenters. The third-order valence-corrected chi connectivity index (χ3v) is 3.37. The minimum Gasteiger partial charge on any atom is -0.457 e. The Balaban J connectivity index is 2.10. The van der Waals surface area contributed by atoms with Crippen molar-refractivity contribution >= 4 is 5.69 Å². The van der Waals surface area contributed by atoms with E-state index >= 15 is 0 Å². The molecule has 0 saturated carbocycles. The maximum absolute atomic E-state index is 13.3. The molecule has 0 aliphatic rings. The summed E-state index contributed by atoms with van der Waals surface area (Å²) in [6, 6.07) is 20.4. The summed E-state index contributed by atoms with van der Waals surface area (Å²) in [6.07, 6.45) is 0. The first-order valence-electron chi connectivity index (χ1n) is 7.00. The SMILES string of the molecule is N#Cc1ccccc1-c1ccc(N)cc1Oc1cccc(F)c1. The molecule has 3 aromatic rings. The lowest BCUT2D eigenvalue weighted by Crippen LogP contribution is -1.93. The summed E-state index contributed by atoms with van der Waals surface area (Å²) in [7, 11) is 0. The molecule has 4 heteroatoms. The van der Waals surface area contributed by atoms with Gasteiger partial charge in [-0.15, -0.1) is 0 Å². The topological polar surface area (TPSA) is 59.0 Å². The third kappa shape index (κ3) is 3.14. The number of hydrogen-bond donors (Lipinski definition) is 1. The van der Waals surface area contributed by atoms with Gasteiger partial charge in [0.05, 0.1) is 11.6 Å². The second-order valence-corrected chi connectivity index (χ2v) is 4.97. The van der Waals surface area contributed by atoms with Crippen LogP contribution in [0.15, 0.2) is 66.7 Å². The van der Waals surface area contributed by atoms with Crippen molar-refractivity contribution in [2.45, 2.75) is 0 Å². The van der Waals surface area contributed by atoms with Crippen LogP contribution >= 0.6 is 0 Å². The van der Waals surface area contributed by atoms with E-state index in [1.807, 2.05) is 12.1 Å². The normalized spacial score (nSPS) is 10.1. The highest BCUT2D eigenvalue weighted by Crippen LogP contribution is 2.36. The van der Waals surface area contributed by atoms with Gasteiger partial charge in [-0.2, -0.15) is 5.26 Å². The molecule has 23 heavy (non-hydrogen) atoms. The zero-order valence-electron chi connectivity index (χ0n) is 12.2. The zero-order chi connectivity index (χ0) is 16.2. The predicted octanol–water partition coefficient (Wildman–Crippen LogP) is 4.74. The number of halogens is 1. The van der Waals surface area contributed by atoms with Crippen molar-refractivity contribution in [3.05, 3.63) is 78.1 Å². The number of anilines is 1. The lowest BCUT2D eigenvalue weighted by Gasteiger charge is -2.13.